The summed E-state index contributed by atoms with van der Waals surface area (Å²) in [5, 5.41) is 6.04. The number of hydrogen-bond donors (Lipinski definition) is 1. The van der Waals surface area contributed by atoms with Crippen LogP contribution in [0.3, 0.4) is 0 Å². The summed E-state index contributed by atoms with van der Waals surface area (Å²) in [5.74, 6) is 0. The summed E-state index contributed by atoms with van der Waals surface area (Å²) in [5.41, 5.74) is -0.451. The average molecular weight is 311 g/mol. The molecule has 1 aromatic heterocycles. The third-order valence-corrected chi connectivity index (χ3v) is 4.56. The van der Waals surface area contributed by atoms with Gasteiger partial charge < -0.3 is 10.1 Å². The first-order valence-electron chi connectivity index (χ1n) is 7.49. The van der Waals surface area contributed by atoms with Gasteiger partial charge in [0.2, 0.25) is 0 Å². The maximum Gasteiger partial charge on any atom is 0.407 e. The summed E-state index contributed by atoms with van der Waals surface area (Å²) in [4.78, 5) is 18.6. The molecule has 1 aliphatic rings. The summed E-state index contributed by atoms with van der Waals surface area (Å²) in [7, 11) is 0. The normalized spacial score (nSPS) is 21.2. The molecule has 2 atom stereocenters. The van der Waals surface area contributed by atoms with E-state index in [1.54, 1.807) is 11.3 Å². The van der Waals surface area contributed by atoms with Crippen LogP contribution in [0.1, 0.15) is 51.6 Å². The molecule has 0 bridgehead atoms. The number of nitrogens with one attached hydrogen (secondary N) is 1. The van der Waals surface area contributed by atoms with Crippen molar-refractivity contribution in [1.29, 1.82) is 0 Å². The number of alkyl carbamates (subject to hydrolysis) is 1. The van der Waals surface area contributed by atoms with Crippen molar-refractivity contribution in [2.24, 2.45) is 0 Å². The molecule has 118 valence electrons. The van der Waals surface area contributed by atoms with Gasteiger partial charge in [0.25, 0.3) is 0 Å². The molecule has 1 fully saturated rings. The fourth-order valence-electron chi connectivity index (χ4n) is 2.69. The number of rotatable bonds is 4. The molecular formula is C15H25N3O2S. The van der Waals surface area contributed by atoms with Crippen molar-refractivity contribution in [3.8, 4) is 0 Å². The van der Waals surface area contributed by atoms with Crippen LogP contribution in [0.25, 0.3) is 0 Å². The summed E-state index contributed by atoms with van der Waals surface area (Å²) in [6.07, 6.45) is 3.78. The second-order valence-corrected chi connectivity index (χ2v) is 7.39. The Kier molecular flexibility index (Phi) is 5.22. The van der Waals surface area contributed by atoms with Crippen molar-refractivity contribution >= 4 is 17.4 Å². The van der Waals surface area contributed by atoms with Gasteiger partial charge in [0.05, 0.1) is 6.04 Å². The highest BCUT2D eigenvalue weighted by atomic mass is 32.1. The Hall–Kier alpha value is -1.14. The van der Waals surface area contributed by atoms with Crippen molar-refractivity contribution in [3.63, 3.8) is 0 Å². The highest BCUT2D eigenvalue weighted by molar-refractivity contribution is 7.09. The first-order valence-corrected chi connectivity index (χ1v) is 8.37. The van der Waals surface area contributed by atoms with Crippen LogP contribution in [0.15, 0.2) is 11.6 Å². The van der Waals surface area contributed by atoms with E-state index in [9.17, 15) is 4.79 Å². The molecule has 6 heteroatoms. The van der Waals surface area contributed by atoms with E-state index >= 15 is 0 Å². The smallest absolute Gasteiger partial charge is 0.407 e. The van der Waals surface area contributed by atoms with Gasteiger partial charge in [-0.1, -0.05) is 0 Å². The third kappa shape index (κ3) is 4.68. The lowest BCUT2D eigenvalue weighted by Gasteiger charge is -2.30. The van der Waals surface area contributed by atoms with Crippen LogP contribution < -0.4 is 5.32 Å². The van der Waals surface area contributed by atoms with Gasteiger partial charge in [-0.25, -0.2) is 9.78 Å². The Morgan fingerprint density at radius 1 is 1.62 bits per heavy atom. The van der Waals surface area contributed by atoms with Gasteiger partial charge in [-0.2, -0.15) is 0 Å². The van der Waals surface area contributed by atoms with Gasteiger partial charge in [0.1, 0.15) is 10.6 Å². The first kappa shape index (κ1) is 16.2. The number of nitrogens with zero attached hydrogens (tertiary/aromatic N) is 2. The van der Waals surface area contributed by atoms with Crippen LogP contribution in [0.2, 0.25) is 0 Å². The van der Waals surface area contributed by atoms with Crippen molar-refractivity contribution in [3.05, 3.63) is 16.6 Å². The second kappa shape index (κ2) is 6.75. The Balaban J connectivity index is 1.86. The quantitative estimate of drug-likeness (QED) is 0.928. The maximum atomic E-state index is 11.8. The number of hydrogen-bond acceptors (Lipinski definition) is 5. The molecule has 1 aliphatic heterocycles. The zero-order chi connectivity index (χ0) is 15.5. The van der Waals surface area contributed by atoms with Crippen molar-refractivity contribution in [2.75, 3.05) is 13.1 Å². The monoisotopic (exact) mass is 311 g/mol. The molecule has 0 saturated carbocycles. The Labute approximate surface area is 130 Å². The Bertz CT molecular complexity index is 456. The minimum absolute atomic E-state index is 0.304. The van der Waals surface area contributed by atoms with E-state index < -0.39 is 5.60 Å². The van der Waals surface area contributed by atoms with E-state index in [0.29, 0.717) is 18.6 Å². The van der Waals surface area contributed by atoms with Crippen LogP contribution in [0, 0.1) is 0 Å². The first-order chi connectivity index (χ1) is 9.87. The lowest BCUT2D eigenvalue weighted by atomic mass is 10.2. The molecule has 1 aromatic rings. The van der Waals surface area contributed by atoms with Gasteiger partial charge in [0.15, 0.2) is 0 Å². The van der Waals surface area contributed by atoms with Crippen LogP contribution >= 0.6 is 11.3 Å². The van der Waals surface area contributed by atoms with E-state index in [1.165, 1.54) is 0 Å². The zero-order valence-corrected chi connectivity index (χ0v) is 14.1. The van der Waals surface area contributed by atoms with E-state index in [-0.39, 0.29) is 6.09 Å². The van der Waals surface area contributed by atoms with Crippen LogP contribution in [-0.4, -0.2) is 40.7 Å². The Morgan fingerprint density at radius 2 is 2.38 bits per heavy atom. The summed E-state index contributed by atoms with van der Waals surface area (Å²) < 4.78 is 5.29. The summed E-state index contributed by atoms with van der Waals surface area (Å²) >= 11 is 1.69. The highest BCUT2D eigenvalue weighted by Gasteiger charge is 2.30. The maximum absolute atomic E-state index is 11.8. The second-order valence-electron chi connectivity index (χ2n) is 6.46. The molecule has 1 saturated heterocycles. The molecule has 0 aromatic carbocycles. The predicted octanol–water partition coefficient (Wildman–Crippen LogP) is 3.19. The SMILES string of the molecule is CC(c1nccs1)N1CCCC1CNC(=O)OC(C)(C)C. The number of carbonyl (C=O) groups is 1. The largest absolute Gasteiger partial charge is 0.444 e. The summed E-state index contributed by atoms with van der Waals surface area (Å²) in [6, 6.07) is 0.661. The highest BCUT2D eigenvalue weighted by Crippen LogP contribution is 2.29. The Morgan fingerprint density at radius 3 is 3.00 bits per heavy atom. The summed E-state index contributed by atoms with van der Waals surface area (Å²) in [6.45, 7) is 9.49. The fourth-order valence-corrected chi connectivity index (χ4v) is 3.40. The van der Waals surface area contributed by atoms with E-state index in [4.69, 9.17) is 4.74 Å². The van der Waals surface area contributed by atoms with E-state index in [1.807, 2.05) is 32.3 Å². The van der Waals surface area contributed by atoms with Gasteiger partial charge >= 0.3 is 6.09 Å². The number of likely N-dealkylation sites (tertiary alicyclic amines) is 1. The topological polar surface area (TPSA) is 54.5 Å². The molecule has 1 amide bonds. The lowest BCUT2D eigenvalue weighted by Crippen LogP contribution is -2.42. The molecule has 0 spiro atoms. The molecule has 2 heterocycles. The molecular weight excluding hydrogens is 286 g/mol. The molecule has 2 rings (SSSR count). The number of ether oxygens (including phenoxy) is 1. The van der Waals surface area contributed by atoms with E-state index in [0.717, 1.165) is 24.4 Å². The fraction of sp³-hybridized carbons (Fsp3) is 0.733. The van der Waals surface area contributed by atoms with Crippen LogP contribution in [0.4, 0.5) is 4.79 Å². The third-order valence-electron chi connectivity index (χ3n) is 3.61. The van der Waals surface area contributed by atoms with Crippen LogP contribution in [0.5, 0.6) is 0 Å². The molecule has 0 radical (unpaired) electrons. The van der Waals surface area contributed by atoms with E-state index in [2.05, 4.69) is 22.1 Å². The average Bonchev–Trinajstić information content (AvgIpc) is 3.05. The number of amides is 1. The zero-order valence-electron chi connectivity index (χ0n) is 13.3. The van der Waals surface area contributed by atoms with Gasteiger partial charge in [-0.15, -0.1) is 11.3 Å². The molecule has 1 N–H and O–H groups in total. The molecule has 2 unspecified atom stereocenters. The van der Waals surface area contributed by atoms with Gasteiger partial charge in [-0.05, 0) is 47.1 Å². The number of thiazole rings is 1. The van der Waals surface area contributed by atoms with Crippen molar-refractivity contribution in [2.45, 2.75) is 58.2 Å². The molecule has 5 nitrogen and oxygen atoms in total. The minimum Gasteiger partial charge on any atom is -0.444 e. The molecule has 0 aliphatic carbocycles. The number of aromatic nitrogens is 1. The van der Waals surface area contributed by atoms with Crippen molar-refractivity contribution in [1.82, 2.24) is 15.2 Å². The lowest BCUT2D eigenvalue weighted by molar-refractivity contribution is 0.0508. The van der Waals surface area contributed by atoms with Crippen molar-refractivity contribution < 1.29 is 9.53 Å². The van der Waals surface area contributed by atoms with Gasteiger partial charge in [0, 0.05) is 24.2 Å². The minimum atomic E-state index is -0.451. The number of carbonyl (C=O) groups excluding carboxylic acids is 1. The standard InChI is InChI=1S/C15H25N3O2S/c1-11(13-16-7-9-21-13)18-8-5-6-12(18)10-17-14(19)20-15(2,3)4/h7,9,11-12H,5-6,8,10H2,1-4H3,(H,17,19). The predicted molar refractivity (Wildman–Crippen MR) is 84.5 cm³/mol. The van der Waals surface area contributed by atoms with Gasteiger partial charge in [-0.3, -0.25) is 4.90 Å². The molecule has 21 heavy (non-hydrogen) atoms. The van der Waals surface area contributed by atoms with Crippen LogP contribution in [-0.2, 0) is 4.74 Å².